The third kappa shape index (κ3) is 7.66. The standard InChI is InChI=1S/C30H28Cl2N4O3/c1-38-27-15-22(9-12-26(27)39-18-20-13-23(31)16-24(32)14-20)28(30(37)35-17-19-5-3-2-4-6-19)36-25-10-7-21(8-11-25)29(33)34/h2-16,28,36H,17-18H2,1H3,(H3,33,34)(H,35,37)/t28-/m1/s1. The molecule has 0 aliphatic rings. The van der Waals surface area contributed by atoms with Gasteiger partial charge in [0.25, 0.3) is 0 Å². The third-order valence-corrected chi connectivity index (χ3v) is 6.35. The van der Waals surface area contributed by atoms with E-state index in [0.29, 0.717) is 44.9 Å². The highest BCUT2D eigenvalue weighted by Gasteiger charge is 2.22. The molecule has 1 amide bonds. The quantitative estimate of drug-likeness (QED) is 0.126. The Morgan fingerprint density at radius 1 is 0.897 bits per heavy atom. The van der Waals surface area contributed by atoms with Crippen molar-refractivity contribution in [2.24, 2.45) is 5.73 Å². The largest absolute Gasteiger partial charge is 0.493 e. The van der Waals surface area contributed by atoms with Crippen LogP contribution in [0.5, 0.6) is 11.5 Å². The van der Waals surface area contributed by atoms with E-state index in [9.17, 15) is 4.79 Å². The zero-order chi connectivity index (χ0) is 27.8. The Bertz CT molecular complexity index is 1430. The van der Waals surface area contributed by atoms with Crippen LogP contribution < -0.4 is 25.8 Å². The second kappa shape index (κ2) is 13.0. The normalized spacial score (nSPS) is 11.4. The van der Waals surface area contributed by atoms with Gasteiger partial charge in [0, 0.05) is 27.8 Å². The molecule has 0 radical (unpaired) electrons. The summed E-state index contributed by atoms with van der Waals surface area (Å²) < 4.78 is 11.6. The van der Waals surface area contributed by atoms with Gasteiger partial charge in [-0.05, 0) is 71.3 Å². The van der Waals surface area contributed by atoms with E-state index in [-0.39, 0.29) is 18.3 Å². The first-order chi connectivity index (χ1) is 18.8. The molecule has 0 unspecified atom stereocenters. The third-order valence-electron chi connectivity index (χ3n) is 5.92. The Balaban J connectivity index is 1.57. The lowest BCUT2D eigenvalue weighted by Crippen LogP contribution is -2.33. The number of ether oxygens (including phenoxy) is 2. The van der Waals surface area contributed by atoms with Gasteiger partial charge in [-0.25, -0.2) is 0 Å². The highest BCUT2D eigenvalue weighted by atomic mass is 35.5. The summed E-state index contributed by atoms with van der Waals surface area (Å²) >= 11 is 12.2. The molecule has 1 atom stereocenters. The van der Waals surface area contributed by atoms with Gasteiger partial charge in [0.1, 0.15) is 18.5 Å². The van der Waals surface area contributed by atoms with Crippen molar-refractivity contribution in [3.05, 3.63) is 123 Å². The molecular formula is C30H28Cl2N4O3. The molecule has 39 heavy (non-hydrogen) atoms. The van der Waals surface area contributed by atoms with Crippen molar-refractivity contribution in [3.63, 3.8) is 0 Å². The summed E-state index contributed by atoms with van der Waals surface area (Å²) in [5.41, 5.74) is 9.33. The van der Waals surface area contributed by atoms with Crippen molar-refractivity contribution in [1.82, 2.24) is 5.32 Å². The zero-order valence-corrected chi connectivity index (χ0v) is 22.7. The number of halogens is 2. The number of benzene rings is 4. The highest BCUT2D eigenvalue weighted by molar-refractivity contribution is 6.34. The molecule has 0 aliphatic heterocycles. The molecular weight excluding hydrogens is 535 g/mol. The molecule has 4 aromatic carbocycles. The Morgan fingerprint density at radius 3 is 2.23 bits per heavy atom. The monoisotopic (exact) mass is 562 g/mol. The molecule has 0 spiro atoms. The number of methoxy groups -OCH3 is 1. The molecule has 0 bridgehead atoms. The van der Waals surface area contributed by atoms with Crippen LogP contribution in [0.3, 0.4) is 0 Å². The first-order valence-corrected chi connectivity index (χ1v) is 12.9. The van der Waals surface area contributed by atoms with E-state index in [2.05, 4.69) is 10.6 Å². The number of nitrogens with one attached hydrogen (secondary N) is 3. The van der Waals surface area contributed by atoms with Crippen LogP contribution in [-0.4, -0.2) is 18.9 Å². The van der Waals surface area contributed by atoms with Crippen molar-refractivity contribution >= 4 is 40.6 Å². The number of nitrogen functional groups attached to an aromatic ring is 1. The minimum atomic E-state index is -0.744. The number of amides is 1. The minimum Gasteiger partial charge on any atom is -0.493 e. The van der Waals surface area contributed by atoms with Gasteiger partial charge in [0.2, 0.25) is 5.91 Å². The van der Waals surface area contributed by atoms with Crippen molar-refractivity contribution in [2.45, 2.75) is 19.2 Å². The lowest BCUT2D eigenvalue weighted by atomic mass is 10.0. The maximum atomic E-state index is 13.4. The van der Waals surface area contributed by atoms with Crippen molar-refractivity contribution < 1.29 is 14.3 Å². The Kier molecular flexibility index (Phi) is 9.31. The van der Waals surface area contributed by atoms with Crippen LogP contribution in [0.25, 0.3) is 0 Å². The molecule has 0 aliphatic carbocycles. The van der Waals surface area contributed by atoms with Crippen LogP contribution in [0.2, 0.25) is 10.0 Å². The van der Waals surface area contributed by atoms with Gasteiger partial charge in [-0.3, -0.25) is 10.2 Å². The fraction of sp³-hybridized carbons (Fsp3) is 0.133. The van der Waals surface area contributed by atoms with Gasteiger partial charge >= 0.3 is 0 Å². The SMILES string of the molecule is COc1cc([C@@H](Nc2ccc(C(=N)N)cc2)C(=O)NCc2ccccc2)ccc1OCc1cc(Cl)cc(Cl)c1. The first kappa shape index (κ1) is 27.8. The van der Waals surface area contributed by atoms with Crippen LogP contribution in [-0.2, 0) is 17.9 Å². The molecule has 4 aromatic rings. The molecule has 0 fully saturated rings. The molecule has 9 heteroatoms. The number of rotatable bonds is 11. The van der Waals surface area contributed by atoms with E-state index in [1.165, 1.54) is 0 Å². The molecule has 5 N–H and O–H groups in total. The average molecular weight is 563 g/mol. The van der Waals surface area contributed by atoms with Gasteiger partial charge in [-0.2, -0.15) is 0 Å². The average Bonchev–Trinajstić information content (AvgIpc) is 2.93. The van der Waals surface area contributed by atoms with Crippen LogP contribution >= 0.6 is 23.2 Å². The maximum Gasteiger partial charge on any atom is 0.247 e. The lowest BCUT2D eigenvalue weighted by molar-refractivity contribution is -0.122. The Morgan fingerprint density at radius 2 is 1.59 bits per heavy atom. The summed E-state index contributed by atoms with van der Waals surface area (Å²) in [4.78, 5) is 13.4. The number of hydrogen-bond acceptors (Lipinski definition) is 5. The van der Waals surface area contributed by atoms with E-state index >= 15 is 0 Å². The van der Waals surface area contributed by atoms with Gasteiger partial charge in [0.05, 0.1) is 7.11 Å². The predicted octanol–water partition coefficient (Wildman–Crippen LogP) is 6.33. The number of amidine groups is 1. The number of carbonyl (C=O) groups excluding carboxylic acids is 1. The number of carbonyl (C=O) groups is 1. The second-order valence-corrected chi connectivity index (χ2v) is 9.62. The highest BCUT2D eigenvalue weighted by Crippen LogP contribution is 2.33. The molecule has 0 saturated heterocycles. The molecule has 4 rings (SSSR count). The van der Waals surface area contributed by atoms with Crippen LogP contribution in [0.1, 0.15) is 28.3 Å². The number of hydrogen-bond donors (Lipinski definition) is 4. The van der Waals surface area contributed by atoms with E-state index in [1.54, 1.807) is 61.7 Å². The predicted molar refractivity (Wildman–Crippen MR) is 156 cm³/mol. The number of nitrogens with two attached hydrogens (primary N) is 1. The molecule has 7 nitrogen and oxygen atoms in total. The topological polar surface area (TPSA) is 109 Å². The molecule has 0 heterocycles. The molecule has 200 valence electrons. The first-order valence-electron chi connectivity index (χ1n) is 12.1. The van der Waals surface area contributed by atoms with Crippen molar-refractivity contribution in [2.75, 3.05) is 12.4 Å². The second-order valence-electron chi connectivity index (χ2n) is 8.75. The summed E-state index contributed by atoms with van der Waals surface area (Å²) in [6, 6.07) is 26.5. The Hall–Kier alpha value is -4.20. The van der Waals surface area contributed by atoms with Gasteiger partial charge < -0.3 is 25.8 Å². The van der Waals surface area contributed by atoms with Crippen LogP contribution in [0, 0.1) is 5.41 Å². The van der Waals surface area contributed by atoms with Crippen molar-refractivity contribution in [1.29, 1.82) is 5.41 Å². The van der Waals surface area contributed by atoms with Crippen molar-refractivity contribution in [3.8, 4) is 11.5 Å². The molecule has 0 saturated carbocycles. The smallest absolute Gasteiger partial charge is 0.247 e. The van der Waals surface area contributed by atoms with Gasteiger partial charge in [0.15, 0.2) is 11.5 Å². The van der Waals surface area contributed by atoms with E-state index in [0.717, 1.165) is 11.1 Å². The summed E-state index contributed by atoms with van der Waals surface area (Å²) in [7, 11) is 1.54. The fourth-order valence-electron chi connectivity index (χ4n) is 3.94. The summed E-state index contributed by atoms with van der Waals surface area (Å²) in [6.07, 6.45) is 0. The number of anilines is 1. The molecule has 0 aromatic heterocycles. The summed E-state index contributed by atoms with van der Waals surface area (Å²) in [5.74, 6) is 0.722. The van der Waals surface area contributed by atoms with E-state index in [4.69, 9.17) is 43.8 Å². The fourth-order valence-corrected chi connectivity index (χ4v) is 4.51. The van der Waals surface area contributed by atoms with Crippen LogP contribution in [0.15, 0.2) is 91.0 Å². The lowest BCUT2D eigenvalue weighted by Gasteiger charge is -2.22. The van der Waals surface area contributed by atoms with E-state index < -0.39 is 6.04 Å². The summed E-state index contributed by atoms with van der Waals surface area (Å²) in [5, 5.41) is 15.0. The Labute approximate surface area is 237 Å². The van der Waals surface area contributed by atoms with E-state index in [1.807, 2.05) is 36.4 Å². The zero-order valence-electron chi connectivity index (χ0n) is 21.2. The van der Waals surface area contributed by atoms with Gasteiger partial charge in [-0.15, -0.1) is 0 Å². The maximum absolute atomic E-state index is 13.4. The summed E-state index contributed by atoms with van der Waals surface area (Å²) in [6.45, 7) is 0.610. The van der Waals surface area contributed by atoms with Crippen LogP contribution in [0.4, 0.5) is 5.69 Å². The van der Waals surface area contributed by atoms with Gasteiger partial charge in [-0.1, -0.05) is 59.6 Å². The minimum absolute atomic E-state index is 0.0286.